The van der Waals surface area contributed by atoms with Crippen LogP contribution in [0.25, 0.3) is 0 Å². The van der Waals surface area contributed by atoms with Crippen LogP contribution in [0.15, 0.2) is 24.3 Å². The molecule has 4 atom stereocenters. The van der Waals surface area contributed by atoms with Gasteiger partial charge in [0.2, 0.25) is 17.7 Å². The second-order valence-corrected chi connectivity index (χ2v) is 13.0. The van der Waals surface area contributed by atoms with Crippen molar-refractivity contribution in [1.29, 1.82) is 5.26 Å². The number of rotatable bonds is 6. The molecule has 218 valence electrons. The lowest BCUT2D eigenvalue weighted by atomic mass is 9.80. The number of likely N-dealkylation sites (tertiary alicyclic amines) is 1. The molecule has 3 N–H and O–H groups in total. The van der Waals surface area contributed by atoms with E-state index < -0.39 is 58.3 Å². The Hall–Kier alpha value is -3.62. The van der Waals surface area contributed by atoms with Crippen LogP contribution in [0.2, 0.25) is 0 Å². The summed E-state index contributed by atoms with van der Waals surface area (Å²) < 4.78 is 39.1. The summed E-state index contributed by atoms with van der Waals surface area (Å²) in [6.07, 6.45) is -5.17. The number of hydrogen-bond acceptors (Lipinski definition) is 5. The van der Waals surface area contributed by atoms with E-state index in [2.05, 4.69) is 16.7 Å². The number of nitriles is 1. The Labute approximate surface area is 231 Å². The van der Waals surface area contributed by atoms with Gasteiger partial charge in [-0.2, -0.15) is 18.4 Å². The van der Waals surface area contributed by atoms with Gasteiger partial charge in [-0.3, -0.25) is 19.2 Å². The van der Waals surface area contributed by atoms with Crippen LogP contribution in [0.3, 0.4) is 0 Å². The summed E-state index contributed by atoms with van der Waals surface area (Å²) in [4.78, 5) is 53.4. The van der Waals surface area contributed by atoms with Gasteiger partial charge in [-0.15, -0.1) is 0 Å². The fourth-order valence-electron chi connectivity index (χ4n) is 5.33. The van der Waals surface area contributed by atoms with Crippen molar-refractivity contribution in [3.05, 3.63) is 29.8 Å². The molecule has 1 aromatic rings. The van der Waals surface area contributed by atoms with Crippen LogP contribution < -0.4 is 16.0 Å². The molecule has 0 aliphatic carbocycles. The summed E-state index contributed by atoms with van der Waals surface area (Å²) in [6, 6.07) is 5.37. The fraction of sp³-hybridized carbons (Fsp3) is 0.607. The summed E-state index contributed by atoms with van der Waals surface area (Å²) in [7, 11) is 0. The molecule has 2 aliphatic rings. The number of para-hydroxylation sites is 1. The number of benzene rings is 1. The number of nitrogens with one attached hydrogen (secondary N) is 3. The maximum atomic E-state index is 13.9. The molecular formula is C28H36F3N5O4. The van der Waals surface area contributed by atoms with E-state index in [1.54, 1.807) is 50.4 Å². The summed E-state index contributed by atoms with van der Waals surface area (Å²) >= 11 is 0. The van der Waals surface area contributed by atoms with Gasteiger partial charge in [0.1, 0.15) is 18.1 Å². The Morgan fingerprint density at radius 3 is 2.17 bits per heavy atom. The summed E-state index contributed by atoms with van der Waals surface area (Å²) in [6.45, 7) is 10.5. The molecule has 0 saturated carbocycles. The second-order valence-electron chi connectivity index (χ2n) is 13.0. The van der Waals surface area contributed by atoms with Crippen molar-refractivity contribution in [1.82, 2.24) is 15.5 Å². The SMILES string of the molecule is CC(C)(C)C[C@H](NC(=O)C(F)(F)F)C(=O)N[C@@H](CC(C)(C)C)C(=O)N1C[C@]2(C[C@H]1C#N)C(=O)Nc1ccccc12. The predicted molar refractivity (Wildman–Crippen MR) is 141 cm³/mol. The highest BCUT2D eigenvalue weighted by Gasteiger charge is 2.56. The number of fused-ring (bicyclic) bond motifs is 2. The molecule has 0 unspecified atom stereocenters. The van der Waals surface area contributed by atoms with E-state index in [1.165, 1.54) is 4.90 Å². The maximum Gasteiger partial charge on any atom is 0.471 e. The van der Waals surface area contributed by atoms with E-state index in [4.69, 9.17) is 0 Å². The molecule has 3 rings (SSSR count). The molecule has 1 aromatic carbocycles. The van der Waals surface area contributed by atoms with E-state index in [9.17, 15) is 37.6 Å². The number of carbonyl (C=O) groups excluding carboxylic acids is 4. The number of nitrogens with zero attached hydrogens (tertiary/aromatic N) is 2. The van der Waals surface area contributed by atoms with E-state index in [-0.39, 0.29) is 31.7 Å². The molecule has 2 heterocycles. The molecule has 0 aromatic heterocycles. The van der Waals surface area contributed by atoms with Crippen LogP contribution in [0.4, 0.5) is 18.9 Å². The third kappa shape index (κ3) is 6.74. The van der Waals surface area contributed by atoms with E-state index >= 15 is 0 Å². The molecule has 2 aliphatic heterocycles. The van der Waals surface area contributed by atoms with Crippen LogP contribution in [0, 0.1) is 22.2 Å². The molecule has 40 heavy (non-hydrogen) atoms. The molecule has 1 fully saturated rings. The standard InChI is InChI=1S/C28H36F3N5O4/c1-25(2,3)12-19(35-24(40)28(29,30)31)21(37)33-20(13-26(4,5)6)22(38)36-15-27(11-16(36)14-32)17-9-7-8-10-18(17)34-23(27)39/h7-10,16,19-20H,11-13,15H2,1-6H3,(H,33,37)(H,34,39)(H,35,40)/t16-,19-,20-,27-/m0/s1. The van der Waals surface area contributed by atoms with Gasteiger partial charge >= 0.3 is 12.1 Å². The number of anilines is 1. The van der Waals surface area contributed by atoms with E-state index in [0.29, 0.717) is 11.3 Å². The molecule has 1 spiro atoms. The first-order valence-electron chi connectivity index (χ1n) is 13.1. The zero-order chi connectivity index (χ0) is 30.3. The van der Waals surface area contributed by atoms with E-state index in [0.717, 1.165) is 0 Å². The number of carbonyl (C=O) groups is 4. The Balaban J connectivity index is 1.92. The Morgan fingerprint density at radius 2 is 1.62 bits per heavy atom. The normalized spacial score (nSPS) is 22.2. The molecule has 0 bridgehead atoms. The maximum absolute atomic E-state index is 13.9. The van der Waals surface area contributed by atoms with Crippen molar-refractivity contribution in [2.24, 2.45) is 10.8 Å². The van der Waals surface area contributed by atoms with Gasteiger partial charge in [-0.25, -0.2) is 0 Å². The molecule has 12 heteroatoms. The fourth-order valence-corrected chi connectivity index (χ4v) is 5.33. The molecule has 4 amide bonds. The minimum Gasteiger partial charge on any atom is -0.342 e. The lowest BCUT2D eigenvalue weighted by Gasteiger charge is -2.33. The van der Waals surface area contributed by atoms with Crippen LogP contribution in [0.1, 0.15) is 66.4 Å². The first-order valence-corrected chi connectivity index (χ1v) is 13.1. The predicted octanol–water partition coefficient (Wildman–Crippen LogP) is 3.41. The second kappa shape index (κ2) is 10.7. The first-order chi connectivity index (χ1) is 18.3. The minimum absolute atomic E-state index is 0.0581. The Bertz CT molecular complexity index is 1230. The lowest BCUT2D eigenvalue weighted by Crippen LogP contribution is -2.57. The van der Waals surface area contributed by atoms with Gasteiger partial charge in [-0.1, -0.05) is 59.7 Å². The minimum atomic E-state index is -5.20. The smallest absolute Gasteiger partial charge is 0.342 e. The monoisotopic (exact) mass is 563 g/mol. The van der Waals surface area contributed by atoms with Crippen LogP contribution in [-0.2, 0) is 24.6 Å². The number of alkyl halides is 3. The summed E-state index contributed by atoms with van der Waals surface area (Å²) in [5, 5.41) is 17.1. The highest BCUT2D eigenvalue weighted by molar-refractivity contribution is 6.07. The number of halogens is 3. The highest BCUT2D eigenvalue weighted by atomic mass is 19.4. The van der Waals surface area contributed by atoms with Crippen LogP contribution >= 0.6 is 0 Å². The first kappa shape index (κ1) is 30.9. The van der Waals surface area contributed by atoms with Gasteiger partial charge in [-0.05, 0) is 35.3 Å². The van der Waals surface area contributed by atoms with Crippen molar-refractivity contribution < 1.29 is 32.3 Å². The third-order valence-electron chi connectivity index (χ3n) is 7.04. The van der Waals surface area contributed by atoms with Gasteiger partial charge < -0.3 is 20.9 Å². The van der Waals surface area contributed by atoms with Crippen molar-refractivity contribution in [3.8, 4) is 6.07 Å². The Morgan fingerprint density at radius 1 is 1.05 bits per heavy atom. The number of amides is 4. The molecular weight excluding hydrogens is 527 g/mol. The average Bonchev–Trinajstić information content (AvgIpc) is 3.33. The highest BCUT2D eigenvalue weighted by Crippen LogP contribution is 2.46. The van der Waals surface area contributed by atoms with Crippen LogP contribution in [0.5, 0.6) is 0 Å². The average molecular weight is 564 g/mol. The van der Waals surface area contributed by atoms with Gasteiger partial charge in [0, 0.05) is 18.7 Å². The van der Waals surface area contributed by atoms with Crippen molar-refractivity contribution in [3.63, 3.8) is 0 Å². The van der Waals surface area contributed by atoms with E-state index in [1.807, 2.05) is 20.8 Å². The third-order valence-corrected chi connectivity index (χ3v) is 7.04. The van der Waals surface area contributed by atoms with Crippen molar-refractivity contribution >= 4 is 29.3 Å². The molecule has 9 nitrogen and oxygen atoms in total. The van der Waals surface area contributed by atoms with Gasteiger partial charge in [0.15, 0.2) is 0 Å². The topological polar surface area (TPSA) is 131 Å². The summed E-state index contributed by atoms with van der Waals surface area (Å²) in [5.74, 6) is -4.16. The zero-order valence-corrected chi connectivity index (χ0v) is 23.5. The van der Waals surface area contributed by atoms with Crippen molar-refractivity contribution in [2.75, 3.05) is 11.9 Å². The molecule has 1 saturated heterocycles. The Kier molecular flexibility index (Phi) is 8.31. The van der Waals surface area contributed by atoms with Gasteiger partial charge in [0.05, 0.1) is 11.5 Å². The van der Waals surface area contributed by atoms with Gasteiger partial charge in [0.25, 0.3) is 0 Å². The zero-order valence-electron chi connectivity index (χ0n) is 23.5. The number of hydrogen-bond donors (Lipinski definition) is 3. The lowest BCUT2D eigenvalue weighted by molar-refractivity contribution is -0.175. The van der Waals surface area contributed by atoms with Crippen molar-refractivity contribution in [2.45, 2.75) is 90.5 Å². The largest absolute Gasteiger partial charge is 0.471 e. The summed E-state index contributed by atoms with van der Waals surface area (Å²) in [5.41, 5.74) is -1.02. The molecule has 0 radical (unpaired) electrons. The quantitative estimate of drug-likeness (QED) is 0.488. The van der Waals surface area contributed by atoms with Crippen LogP contribution in [-0.4, -0.2) is 59.4 Å².